The molecule has 1 aliphatic carbocycles. The topological polar surface area (TPSA) is 33.2 Å². The van der Waals surface area contributed by atoms with Crippen LogP contribution in [0.4, 0.5) is 10.1 Å². The third-order valence-corrected chi connectivity index (χ3v) is 5.95. The number of carbonyl (C=O) groups excluding carboxylic acids is 1. The average Bonchev–Trinajstić information content (AvgIpc) is 3.22. The summed E-state index contributed by atoms with van der Waals surface area (Å²) < 4.78 is 13.5. The average molecular weight is 362 g/mol. The van der Waals surface area contributed by atoms with Gasteiger partial charge in [-0.2, -0.15) is 0 Å². The van der Waals surface area contributed by atoms with Crippen molar-refractivity contribution in [3.05, 3.63) is 51.1 Å². The molecule has 0 spiro atoms. The van der Waals surface area contributed by atoms with E-state index in [9.17, 15) is 9.18 Å². The Bertz CT molecular complexity index is 824. The predicted molar refractivity (Wildman–Crippen MR) is 96.1 cm³/mol. The van der Waals surface area contributed by atoms with E-state index in [0.717, 1.165) is 10.7 Å². The van der Waals surface area contributed by atoms with Crippen molar-refractivity contribution in [3.8, 4) is 0 Å². The SMILES string of the molecule is O=C1C(=Cc2csc(C3CC3)n2)SC(=S)N1c1ccc(F)cc1. The first-order valence-corrected chi connectivity index (χ1v) is 9.21. The van der Waals surface area contributed by atoms with Crippen molar-refractivity contribution in [2.24, 2.45) is 0 Å². The highest BCUT2D eigenvalue weighted by atomic mass is 32.2. The fourth-order valence-corrected chi connectivity index (χ4v) is 4.53. The van der Waals surface area contributed by atoms with Gasteiger partial charge in [-0.05, 0) is 43.2 Å². The van der Waals surface area contributed by atoms with E-state index in [2.05, 4.69) is 4.98 Å². The zero-order valence-electron chi connectivity index (χ0n) is 11.9. The zero-order chi connectivity index (χ0) is 16.0. The van der Waals surface area contributed by atoms with E-state index in [1.807, 2.05) is 5.38 Å². The van der Waals surface area contributed by atoms with Crippen LogP contribution in [0.5, 0.6) is 0 Å². The number of thiocarbonyl (C=S) groups is 1. The summed E-state index contributed by atoms with van der Waals surface area (Å²) in [5.74, 6) is 0.0771. The Morgan fingerprint density at radius 1 is 1.30 bits per heavy atom. The van der Waals surface area contributed by atoms with E-state index in [1.165, 1.54) is 41.6 Å². The van der Waals surface area contributed by atoms with Crippen molar-refractivity contribution in [2.75, 3.05) is 4.90 Å². The van der Waals surface area contributed by atoms with E-state index in [0.29, 0.717) is 20.8 Å². The summed E-state index contributed by atoms with van der Waals surface area (Å²) in [4.78, 5) is 19.1. The fourth-order valence-electron chi connectivity index (χ4n) is 2.30. The van der Waals surface area contributed by atoms with Gasteiger partial charge in [-0.25, -0.2) is 9.37 Å². The maximum absolute atomic E-state index is 13.0. The van der Waals surface area contributed by atoms with Gasteiger partial charge in [-0.3, -0.25) is 9.69 Å². The van der Waals surface area contributed by atoms with Crippen LogP contribution in [-0.2, 0) is 4.79 Å². The normalized spacial score (nSPS) is 19.9. The van der Waals surface area contributed by atoms with Crippen molar-refractivity contribution < 1.29 is 9.18 Å². The molecule has 0 atom stereocenters. The number of benzene rings is 1. The molecule has 116 valence electrons. The number of nitrogens with zero attached hydrogens (tertiary/aromatic N) is 2. The number of thiazole rings is 1. The number of rotatable bonds is 3. The number of anilines is 1. The van der Waals surface area contributed by atoms with Gasteiger partial charge in [0.05, 0.1) is 21.3 Å². The predicted octanol–water partition coefficient (Wildman–Crippen LogP) is 4.57. The third-order valence-electron chi connectivity index (χ3n) is 3.62. The molecule has 23 heavy (non-hydrogen) atoms. The van der Waals surface area contributed by atoms with Gasteiger partial charge in [0.1, 0.15) is 5.82 Å². The maximum Gasteiger partial charge on any atom is 0.270 e. The minimum atomic E-state index is -0.343. The first-order chi connectivity index (χ1) is 11.1. The molecule has 3 nitrogen and oxygen atoms in total. The molecule has 0 unspecified atom stereocenters. The first-order valence-electron chi connectivity index (χ1n) is 7.11. The van der Waals surface area contributed by atoms with Crippen molar-refractivity contribution in [3.63, 3.8) is 0 Å². The first kappa shape index (κ1) is 15.0. The monoisotopic (exact) mass is 362 g/mol. The lowest BCUT2D eigenvalue weighted by molar-refractivity contribution is -0.113. The van der Waals surface area contributed by atoms with Gasteiger partial charge in [0.2, 0.25) is 0 Å². The number of carbonyl (C=O) groups is 1. The molecule has 7 heteroatoms. The van der Waals surface area contributed by atoms with E-state index in [1.54, 1.807) is 29.5 Å². The lowest BCUT2D eigenvalue weighted by Crippen LogP contribution is -2.27. The molecule has 0 radical (unpaired) electrons. The third kappa shape index (κ3) is 2.96. The highest BCUT2D eigenvalue weighted by molar-refractivity contribution is 8.27. The highest BCUT2D eigenvalue weighted by Gasteiger charge is 2.33. The molecule has 1 aromatic heterocycles. The van der Waals surface area contributed by atoms with Crippen molar-refractivity contribution in [2.45, 2.75) is 18.8 Å². The van der Waals surface area contributed by atoms with E-state index in [-0.39, 0.29) is 11.7 Å². The standard InChI is InChI=1S/C16H11FN2OS3/c17-10-3-5-12(6-4-10)19-15(20)13(23-16(19)21)7-11-8-22-14(18-11)9-1-2-9/h3-9H,1-2H2. The number of hydrogen-bond acceptors (Lipinski definition) is 5. The molecule has 1 saturated heterocycles. The molecule has 0 N–H and O–H groups in total. The molecule has 2 aliphatic rings. The Labute approximate surface area is 146 Å². The van der Waals surface area contributed by atoms with Crippen LogP contribution in [0.15, 0.2) is 34.6 Å². The summed E-state index contributed by atoms with van der Waals surface area (Å²) in [6, 6.07) is 5.74. The van der Waals surface area contributed by atoms with Crippen LogP contribution in [0.25, 0.3) is 6.08 Å². The van der Waals surface area contributed by atoms with Crippen LogP contribution >= 0.6 is 35.3 Å². The summed E-state index contributed by atoms with van der Waals surface area (Å²) in [6.45, 7) is 0. The van der Waals surface area contributed by atoms with Gasteiger partial charge in [-0.15, -0.1) is 11.3 Å². The summed E-state index contributed by atoms with van der Waals surface area (Å²) >= 11 is 8.19. The molecule has 2 heterocycles. The molecule has 1 saturated carbocycles. The van der Waals surface area contributed by atoms with Crippen molar-refractivity contribution in [1.29, 1.82) is 0 Å². The summed E-state index contributed by atoms with van der Waals surface area (Å²) in [7, 11) is 0. The van der Waals surface area contributed by atoms with Gasteiger partial charge in [0, 0.05) is 11.3 Å². The Hall–Kier alpha value is -1.57. The van der Waals surface area contributed by atoms with Gasteiger partial charge in [0.25, 0.3) is 5.91 Å². The van der Waals surface area contributed by atoms with Crippen LogP contribution in [0.2, 0.25) is 0 Å². The maximum atomic E-state index is 13.0. The zero-order valence-corrected chi connectivity index (χ0v) is 14.3. The van der Waals surface area contributed by atoms with Gasteiger partial charge in [-0.1, -0.05) is 24.0 Å². The van der Waals surface area contributed by atoms with Crippen molar-refractivity contribution >= 4 is 57.3 Å². The minimum absolute atomic E-state index is 0.187. The fraction of sp³-hybridized carbons (Fsp3) is 0.188. The number of aromatic nitrogens is 1. The van der Waals surface area contributed by atoms with E-state index < -0.39 is 0 Å². The molecular weight excluding hydrogens is 351 g/mol. The molecular formula is C16H11FN2OS3. The number of halogens is 1. The highest BCUT2D eigenvalue weighted by Crippen LogP contribution is 2.42. The van der Waals surface area contributed by atoms with Gasteiger partial charge >= 0.3 is 0 Å². The van der Waals surface area contributed by atoms with Crippen LogP contribution in [0, 0.1) is 5.82 Å². The lowest BCUT2D eigenvalue weighted by Gasteiger charge is -2.14. The van der Waals surface area contributed by atoms with Gasteiger partial charge < -0.3 is 0 Å². The Morgan fingerprint density at radius 2 is 2.04 bits per heavy atom. The van der Waals surface area contributed by atoms with Gasteiger partial charge in [0.15, 0.2) is 4.32 Å². The van der Waals surface area contributed by atoms with Crippen LogP contribution < -0.4 is 4.90 Å². The molecule has 2 aromatic rings. The molecule has 0 bridgehead atoms. The Morgan fingerprint density at radius 3 is 2.74 bits per heavy atom. The number of hydrogen-bond donors (Lipinski definition) is 0. The molecule has 1 aliphatic heterocycles. The second kappa shape index (κ2) is 5.81. The molecule has 1 amide bonds. The summed E-state index contributed by atoms with van der Waals surface area (Å²) in [5.41, 5.74) is 1.38. The molecule has 4 rings (SSSR count). The lowest BCUT2D eigenvalue weighted by atomic mass is 10.3. The Balaban J connectivity index is 1.60. The van der Waals surface area contributed by atoms with E-state index >= 15 is 0 Å². The molecule has 1 aromatic carbocycles. The quantitative estimate of drug-likeness (QED) is 0.592. The summed E-state index contributed by atoms with van der Waals surface area (Å²) in [6.07, 6.45) is 4.20. The van der Waals surface area contributed by atoms with Crippen LogP contribution in [-0.4, -0.2) is 15.2 Å². The summed E-state index contributed by atoms with van der Waals surface area (Å²) in [5, 5.41) is 3.11. The largest absolute Gasteiger partial charge is 0.270 e. The second-order valence-electron chi connectivity index (χ2n) is 5.38. The minimum Gasteiger partial charge on any atom is -0.268 e. The second-order valence-corrected chi connectivity index (χ2v) is 7.94. The molecule has 2 fully saturated rings. The van der Waals surface area contributed by atoms with Crippen LogP contribution in [0.3, 0.4) is 0 Å². The smallest absolute Gasteiger partial charge is 0.268 e. The van der Waals surface area contributed by atoms with Crippen LogP contribution in [0.1, 0.15) is 29.5 Å². The van der Waals surface area contributed by atoms with Crippen molar-refractivity contribution in [1.82, 2.24) is 4.98 Å². The Kier molecular flexibility index (Phi) is 3.79. The number of thioether (sulfide) groups is 1. The van der Waals surface area contributed by atoms with E-state index in [4.69, 9.17) is 12.2 Å². The number of amides is 1.